The summed E-state index contributed by atoms with van der Waals surface area (Å²) in [5, 5.41) is 3.28. The molecule has 6 nitrogen and oxygen atoms in total. The molecular formula is C17H24N4O2. The standard InChI is InChI=1S/C17H24N4O2/c22-15(13-2-3-13)20-14-12-23-11-6-17(14)4-9-21(10-5-17)16-18-7-1-8-19-16/h1,7-8,13-14H,2-6,9-12H2,(H,20,22). The third-order valence-electron chi connectivity index (χ3n) is 5.63. The van der Waals surface area contributed by atoms with Gasteiger partial charge in [0.05, 0.1) is 12.6 Å². The number of ether oxygens (including phenoxy) is 1. The predicted molar refractivity (Wildman–Crippen MR) is 86.0 cm³/mol. The average Bonchev–Trinajstić information content (AvgIpc) is 3.44. The smallest absolute Gasteiger partial charge is 0.225 e. The van der Waals surface area contributed by atoms with Crippen molar-refractivity contribution in [3.8, 4) is 0 Å². The number of carbonyl (C=O) groups is 1. The maximum absolute atomic E-state index is 12.2. The van der Waals surface area contributed by atoms with Gasteiger partial charge in [0.1, 0.15) is 0 Å². The number of piperidine rings is 1. The zero-order valence-electron chi connectivity index (χ0n) is 13.4. The van der Waals surface area contributed by atoms with Gasteiger partial charge in [-0.05, 0) is 43.6 Å². The Kier molecular flexibility index (Phi) is 3.93. The average molecular weight is 316 g/mol. The van der Waals surface area contributed by atoms with Crippen molar-refractivity contribution >= 4 is 11.9 Å². The highest BCUT2D eigenvalue weighted by Crippen LogP contribution is 2.42. The van der Waals surface area contributed by atoms with Crippen molar-refractivity contribution in [1.29, 1.82) is 0 Å². The topological polar surface area (TPSA) is 67.3 Å². The quantitative estimate of drug-likeness (QED) is 0.912. The summed E-state index contributed by atoms with van der Waals surface area (Å²) in [7, 11) is 0. The van der Waals surface area contributed by atoms with E-state index in [4.69, 9.17) is 4.74 Å². The molecule has 1 atom stereocenters. The van der Waals surface area contributed by atoms with Crippen molar-refractivity contribution < 1.29 is 9.53 Å². The molecule has 4 rings (SSSR count). The molecule has 1 aromatic heterocycles. The Balaban J connectivity index is 1.43. The maximum Gasteiger partial charge on any atom is 0.225 e. The van der Waals surface area contributed by atoms with Gasteiger partial charge >= 0.3 is 0 Å². The van der Waals surface area contributed by atoms with Gasteiger partial charge in [-0.3, -0.25) is 4.79 Å². The molecule has 23 heavy (non-hydrogen) atoms. The molecule has 1 unspecified atom stereocenters. The van der Waals surface area contributed by atoms with Crippen LogP contribution in [0.2, 0.25) is 0 Å². The fraction of sp³-hybridized carbons (Fsp3) is 0.706. The molecule has 2 saturated heterocycles. The summed E-state index contributed by atoms with van der Waals surface area (Å²) in [6, 6.07) is 2.00. The van der Waals surface area contributed by atoms with Crippen LogP contribution in [0, 0.1) is 11.3 Å². The summed E-state index contributed by atoms with van der Waals surface area (Å²) in [4.78, 5) is 23.1. The highest BCUT2D eigenvalue weighted by molar-refractivity contribution is 5.81. The Morgan fingerprint density at radius 2 is 1.96 bits per heavy atom. The van der Waals surface area contributed by atoms with Gasteiger partial charge in [0.2, 0.25) is 11.9 Å². The van der Waals surface area contributed by atoms with E-state index in [9.17, 15) is 4.79 Å². The lowest BCUT2D eigenvalue weighted by atomic mass is 9.69. The Labute approximate surface area is 136 Å². The monoisotopic (exact) mass is 316 g/mol. The Morgan fingerprint density at radius 1 is 1.22 bits per heavy atom. The summed E-state index contributed by atoms with van der Waals surface area (Å²) in [5.74, 6) is 1.30. The van der Waals surface area contributed by atoms with E-state index in [2.05, 4.69) is 20.2 Å². The minimum atomic E-state index is 0.156. The summed E-state index contributed by atoms with van der Waals surface area (Å²) in [6.45, 7) is 3.34. The van der Waals surface area contributed by atoms with Gasteiger partial charge in [-0.15, -0.1) is 0 Å². The van der Waals surface area contributed by atoms with Gasteiger partial charge in [0.15, 0.2) is 0 Å². The van der Waals surface area contributed by atoms with Crippen LogP contribution in [-0.2, 0) is 9.53 Å². The summed E-state index contributed by atoms with van der Waals surface area (Å²) in [6.07, 6.45) is 8.83. The van der Waals surface area contributed by atoms with Crippen LogP contribution in [0.3, 0.4) is 0 Å². The highest BCUT2D eigenvalue weighted by atomic mass is 16.5. The van der Waals surface area contributed by atoms with E-state index in [1.807, 2.05) is 6.07 Å². The van der Waals surface area contributed by atoms with E-state index >= 15 is 0 Å². The van der Waals surface area contributed by atoms with E-state index in [1.165, 1.54) is 0 Å². The van der Waals surface area contributed by atoms with E-state index in [1.54, 1.807) is 12.4 Å². The highest BCUT2D eigenvalue weighted by Gasteiger charge is 2.45. The second kappa shape index (κ2) is 6.07. The van der Waals surface area contributed by atoms with Crippen molar-refractivity contribution in [2.75, 3.05) is 31.2 Å². The molecule has 124 valence electrons. The Morgan fingerprint density at radius 3 is 2.65 bits per heavy atom. The number of nitrogens with zero attached hydrogens (tertiary/aromatic N) is 3. The van der Waals surface area contributed by atoms with E-state index in [-0.39, 0.29) is 23.3 Å². The number of nitrogens with one attached hydrogen (secondary N) is 1. The van der Waals surface area contributed by atoms with Crippen molar-refractivity contribution in [2.45, 2.75) is 38.1 Å². The first-order chi connectivity index (χ1) is 11.3. The molecule has 0 bridgehead atoms. The van der Waals surface area contributed by atoms with Crippen LogP contribution in [0.25, 0.3) is 0 Å². The number of amides is 1. The first-order valence-corrected chi connectivity index (χ1v) is 8.67. The molecule has 1 saturated carbocycles. The number of hydrogen-bond donors (Lipinski definition) is 1. The molecule has 1 aromatic rings. The number of hydrogen-bond acceptors (Lipinski definition) is 5. The van der Waals surface area contributed by atoms with Crippen LogP contribution in [-0.4, -0.2) is 48.2 Å². The fourth-order valence-electron chi connectivity index (χ4n) is 3.86. The largest absolute Gasteiger partial charge is 0.379 e. The number of anilines is 1. The molecule has 0 radical (unpaired) electrons. The first-order valence-electron chi connectivity index (χ1n) is 8.67. The lowest BCUT2D eigenvalue weighted by Gasteiger charge is -2.49. The van der Waals surface area contributed by atoms with Crippen molar-refractivity contribution in [2.24, 2.45) is 11.3 Å². The van der Waals surface area contributed by atoms with Crippen LogP contribution >= 0.6 is 0 Å². The summed E-state index contributed by atoms with van der Waals surface area (Å²) < 4.78 is 5.67. The molecular weight excluding hydrogens is 292 g/mol. The molecule has 1 spiro atoms. The first kappa shape index (κ1) is 14.9. The number of rotatable bonds is 3. The van der Waals surface area contributed by atoms with E-state index in [0.29, 0.717) is 6.61 Å². The minimum Gasteiger partial charge on any atom is -0.379 e. The van der Waals surface area contributed by atoms with Gasteiger partial charge in [0, 0.05) is 38.0 Å². The fourth-order valence-corrected chi connectivity index (χ4v) is 3.86. The molecule has 3 heterocycles. The minimum absolute atomic E-state index is 0.156. The summed E-state index contributed by atoms with van der Waals surface area (Å²) >= 11 is 0. The third-order valence-corrected chi connectivity index (χ3v) is 5.63. The SMILES string of the molecule is O=C(NC1COCCC12CCN(c1ncccn1)CC2)C1CC1. The Bertz CT molecular complexity index is 553. The van der Waals surface area contributed by atoms with Crippen LogP contribution < -0.4 is 10.2 Å². The van der Waals surface area contributed by atoms with Crippen LogP contribution in [0.1, 0.15) is 32.1 Å². The van der Waals surface area contributed by atoms with Crippen LogP contribution in [0.4, 0.5) is 5.95 Å². The molecule has 3 aliphatic rings. The molecule has 6 heteroatoms. The van der Waals surface area contributed by atoms with E-state index < -0.39 is 0 Å². The second-order valence-corrected chi connectivity index (χ2v) is 7.06. The molecule has 1 N–H and O–H groups in total. The molecule has 3 fully saturated rings. The van der Waals surface area contributed by atoms with Gasteiger partial charge in [-0.25, -0.2) is 9.97 Å². The van der Waals surface area contributed by atoms with E-state index in [0.717, 1.165) is 57.7 Å². The third kappa shape index (κ3) is 3.04. The lowest BCUT2D eigenvalue weighted by Crippen LogP contribution is -2.58. The van der Waals surface area contributed by atoms with Crippen LogP contribution in [0.5, 0.6) is 0 Å². The van der Waals surface area contributed by atoms with Crippen molar-refractivity contribution in [3.63, 3.8) is 0 Å². The van der Waals surface area contributed by atoms with Crippen LogP contribution in [0.15, 0.2) is 18.5 Å². The lowest BCUT2D eigenvalue weighted by molar-refractivity contribution is -0.127. The summed E-state index contributed by atoms with van der Waals surface area (Å²) in [5.41, 5.74) is 0.175. The van der Waals surface area contributed by atoms with Crippen molar-refractivity contribution in [3.05, 3.63) is 18.5 Å². The zero-order valence-corrected chi connectivity index (χ0v) is 13.4. The normalized spacial score (nSPS) is 27.0. The number of carbonyl (C=O) groups excluding carboxylic acids is 1. The molecule has 1 aliphatic carbocycles. The van der Waals surface area contributed by atoms with Gasteiger partial charge < -0.3 is 15.0 Å². The zero-order chi connectivity index (χ0) is 15.7. The second-order valence-electron chi connectivity index (χ2n) is 7.06. The predicted octanol–water partition coefficient (Wildman–Crippen LogP) is 1.38. The number of aromatic nitrogens is 2. The Hall–Kier alpha value is -1.69. The van der Waals surface area contributed by atoms with Gasteiger partial charge in [0.25, 0.3) is 0 Å². The van der Waals surface area contributed by atoms with Gasteiger partial charge in [-0.1, -0.05) is 0 Å². The molecule has 1 amide bonds. The molecule has 0 aromatic carbocycles. The van der Waals surface area contributed by atoms with Gasteiger partial charge in [-0.2, -0.15) is 0 Å². The molecule has 2 aliphatic heterocycles. The van der Waals surface area contributed by atoms with Crippen molar-refractivity contribution in [1.82, 2.24) is 15.3 Å². The maximum atomic E-state index is 12.2.